The summed E-state index contributed by atoms with van der Waals surface area (Å²) in [6.45, 7) is 4.00. The molecule has 2 aromatic carbocycles. The van der Waals surface area contributed by atoms with Crippen LogP contribution in [0.5, 0.6) is 0 Å². The van der Waals surface area contributed by atoms with Crippen LogP contribution >= 0.6 is 0 Å². The predicted octanol–water partition coefficient (Wildman–Crippen LogP) is 3.26. The molecule has 0 saturated carbocycles. The van der Waals surface area contributed by atoms with E-state index >= 15 is 0 Å². The van der Waals surface area contributed by atoms with E-state index in [1.807, 2.05) is 13.8 Å². The van der Waals surface area contributed by atoms with Crippen LogP contribution in [0.15, 0.2) is 63.9 Å². The zero-order valence-corrected chi connectivity index (χ0v) is 22.0. The first-order valence-electron chi connectivity index (χ1n) is 12.4. The second-order valence-electron chi connectivity index (χ2n) is 9.70. The molecule has 9 nitrogen and oxygen atoms in total. The normalized spacial score (nSPS) is 17.3. The van der Waals surface area contributed by atoms with Crippen molar-refractivity contribution in [1.82, 2.24) is 14.9 Å². The molecule has 11 heteroatoms. The van der Waals surface area contributed by atoms with Gasteiger partial charge in [0.25, 0.3) is 21.8 Å². The predicted molar refractivity (Wildman–Crippen MR) is 138 cm³/mol. The molecule has 1 unspecified atom stereocenters. The van der Waals surface area contributed by atoms with E-state index in [1.165, 1.54) is 18.2 Å². The van der Waals surface area contributed by atoms with Crippen LogP contribution in [0.4, 0.5) is 4.39 Å². The van der Waals surface area contributed by atoms with Crippen LogP contribution in [0.2, 0.25) is 0 Å². The Morgan fingerprint density at radius 3 is 2.63 bits per heavy atom. The van der Waals surface area contributed by atoms with Crippen molar-refractivity contribution in [2.24, 2.45) is 5.92 Å². The number of rotatable bonds is 8. The number of sulfonamides is 1. The highest BCUT2D eigenvalue weighted by Gasteiger charge is 2.43. The zero-order valence-electron chi connectivity index (χ0n) is 21.1. The molecule has 3 aromatic rings. The molecule has 2 N–H and O–H groups in total. The molecule has 1 aliphatic heterocycles. The molecule has 0 bridgehead atoms. The highest BCUT2D eigenvalue weighted by molar-refractivity contribution is 7.89. The number of para-hydroxylation sites is 1. The molecule has 2 amide bonds. The lowest BCUT2D eigenvalue weighted by Gasteiger charge is -2.33. The van der Waals surface area contributed by atoms with Crippen molar-refractivity contribution in [2.45, 2.75) is 50.1 Å². The number of hydrogen-bond donors (Lipinski definition) is 2. The number of fused-ring (bicyclic) bond motifs is 1. The van der Waals surface area contributed by atoms with Crippen LogP contribution in [-0.4, -0.2) is 55.5 Å². The molecule has 0 radical (unpaired) electrons. The number of benzene rings is 2. The molecule has 0 spiro atoms. The number of halogens is 1. The summed E-state index contributed by atoms with van der Waals surface area (Å²) in [5.74, 6) is -3.11. The van der Waals surface area contributed by atoms with Crippen LogP contribution in [0, 0.1) is 11.7 Å². The maximum absolute atomic E-state index is 14.0. The van der Waals surface area contributed by atoms with Gasteiger partial charge in [-0.2, -0.15) is 0 Å². The van der Waals surface area contributed by atoms with Crippen molar-refractivity contribution in [3.8, 4) is 0 Å². The van der Waals surface area contributed by atoms with Crippen LogP contribution in [0.1, 0.15) is 43.7 Å². The molecule has 1 aromatic heterocycles. The van der Waals surface area contributed by atoms with Crippen molar-refractivity contribution < 1.29 is 31.6 Å². The van der Waals surface area contributed by atoms with Crippen LogP contribution in [0.25, 0.3) is 11.0 Å². The van der Waals surface area contributed by atoms with Gasteiger partial charge in [-0.1, -0.05) is 38.1 Å². The Hall–Kier alpha value is -3.57. The lowest BCUT2D eigenvalue weighted by Crippen LogP contribution is -2.56. The fourth-order valence-corrected chi connectivity index (χ4v) is 6.17. The number of amides is 2. The maximum atomic E-state index is 14.0. The monoisotopic (exact) mass is 543 g/mol. The summed E-state index contributed by atoms with van der Waals surface area (Å²) in [5, 5.41) is 6.24. The van der Waals surface area contributed by atoms with Crippen molar-refractivity contribution in [1.29, 1.82) is 0 Å². The summed E-state index contributed by atoms with van der Waals surface area (Å²) >= 11 is 0. The minimum absolute atomic E-state index is 0.0398. The molecule has 1 fully saturated rings. The smallest absolute Gasteiger partial charge is 0.287 e. The van der Waals surface area contributed by atoms with Crippen LogP contribution in [0.3, 0.4) is 0 Å². The third-order valence-electron chi connectivity index (χ3n) is 6.32. The Morgan fingerprint density at radius 2 is 1.92 bits per heavy atom. The molecule has 38 heavy (non-hydrogen) atoms. The van der Waals surface area contributed by atoms with E-state index in [9.17, 15) is 27.2 Å². The number of carbonyl (C=O) groups excluding carboxylic acids is 3. The van der Waals surface area contributed by atoms with Gasteiger partial charge in [0.15, 0.2) is 11.5 Å². The van der Waals surface area contributed by atoms with Gasteiger partial charge in [0.2, 0.25) is 0 Å². The van der Waals surface area contributed by atoms with Gasteiger partial charge in [-0.3, -0.25) is 14.4 Å². The van der Waals surface area contributed by atoms with E-state index in [1.54, 1.807) is 24.3 Å². The van der Waals surface area contributed by atoms with Gasteiger partial charge in [-0.15, -0.1) is 0 Å². The van der Waals surface area contributed by atoms with Crippen molar-refractivity contribution >= 4 is 38.6 Å². The first-order valence-corrected chi connectivity index (χ1v) is 13.9. The quantitative estimate of drug-likeness (QED) is 0.447. The van der Waals surface area contributed by atoms with E-state index in [4.69, 9.17) is 4.42 Å². The van der Waals surface area contributed by atoms with Crippen molar-refractivity contribution in [2.75, 3.05) is 13.1 Å². The second-order valence-corrected chi connectivity index (χ2v) is 11.5. The molecule has 0 aliphatic carbocycles. The summed E-state index contributed by atoms with van der Waals surface area (Å²) < 4.78 is 47.7. The molecule has 4 rings (SSSR count). The Bertz CT molecular complexity index is 1420. The average Bonchev–Trinajstić information content (AvgIpc) is 3.20. The Kier molecular flexibility index (Phi) is 8.27. The van der Waals surface area contributed by atoms with Gasteiger partial charge >= 0.3 is 0 Å². The average molecular weight is 544 g/mol. The van der Waals surface area contributed by atoms with Gasteiger partial charge in [0, 0.05) is 5.39 Å². The standard InChI is InChI=1S/C27H30FN3O6S/c1-17(2)13-21(30-26(33)25-14-18-7-3-4-11-24(18)37-25)27(34)31(22-10-6-12-29-16-23(22)32)38(35,36)20-9-5-8-19(28)15-20/h3-5,7-9,11,14-15,17,21-22,29H,6,10,12-13,16H2,1-2H3,(H,30,33)/t21?,22-/m0/s1. The number of nitrogens with one attached hydrogen (secondary N) is 2. The molecule has 202 valence electrons. The molecule has 1 aliphatic rings. The van der Waals surface area contributed by atoms with Crippen LogP contribution < -0.4 is 10.6 Å². The summed E-state index contributed by atoms with van der Waals surface area (Å²) in [7, 11) is -4.65. The Morgan fingerprint density at radius 1 is 1.16 bits per heavy atom. The molecule has 2 heterocycles. The third kappa shape index (κ3) is 5.94. The van der Waals surface area contributed by atoms with E-state index in [2.05, 4.69) is 10.6 Å². The van der Waals surface area contributed by atoms with E-state index in [0.717, 1.165) is 12.1 Å². The van der Waals surface area contributed by atoms with Gasteiger partial charge < -0.3 is 15.1 Å². The molecular weight excluding hydrogens is 513 g/mol. The summed E-state index contributed by atoms with van der Waals surface area (Å²) in [4.78, 5) is 39.7. The van der Waals surface area contributed by atoms with Gasteiger partial charge in [-0.05, 0) is 62.1 Å². The first kappa shape index (κ1) is 27.5. The maximum Gasteiger partial charge on any atom is 0.287 e. The lowest BCUT2D eigenvalue weighted by molar-refractivity contribution is -0.135. The number of ketones is 1. The summed E-state index contributed by atoms with van der Waals surface area (Å²) in [6.07, 6.45) is 0.635. The summed E-state index contributed by atoms with van der Waals surface area (Å²) in [6, 6.07) is 10.2. The van der Waals surface area contributed by atoms with Gasteiger partial charge in [-0.25, -0.2) is 17.1 Å². The van der Waals surface area contributed by atoms with E-state index in [0.29, 0.717) is 28.2 Å². The SMILES string of the molecule is CC(C)CC(NC(=O)c1cc2ccccc2o1)C(=O)N([C@H]1CCCNCC1=O)S(=O)(=O)c1cccc(F)c1. The topological polar surface area (TPSA) is 126 Å². The third-order valence-corrected chi connectivity index (χ3v) is 8.12. The minimum Gasteiger partial charge on any atom is -0.451 e. The first-order chi connectivity index (χ1) is 18.1. The number of Topliss-reactive ketones (excluding diaryl/α,β-unsaturated/α-hetero) is 1. The number of carbonyl (C=O) groups is 3. The van der Waals surface area contributed by atoms with Crippen molar-refractivity contribution in [3.63, 3.8) is 0 Å². The molecular formula is C27H30FN3O6S. The Labute approximate surface area is 220 Å². The van der Waals surface area contributed by atoms with E-state index < -0.39 is 50.4 Å². The second kappa shape index (κ2) is 11.4. The highest BCUT2D eigenvalue weighted by atomic mass is 32.2. The zero-order chi connectivity index (χ0) is 27.4. The molecule has 2 atom stereocenters. The Balaban J connectivity index is 1.73. The molecule has 1 saturated heterocycles. The number of hydrogen-bond acceptors (Lipinski definition) is 7. The van der Waals surface area contributed by atoms with E-state index in [-0.39, 0.29) is 31.1 Å². The minimum atomic E-state index is -4.65. The largest absolute Gasteiger partial charge is 0.451 e. The summed E-state index contributed by atoms with van der Waals surface area (Å²) in [5.41, 5.74) is 0.483. The van der Waals surface area contributed by atoms with Crippen molar-refractivity contribution in [3.05, 3.63) is 66.2 Å². The fourth-order valence-electron chi connectivity index (χ4n) is 4.51. The lowest BCUT2D eigenvalue weighted by atomic mass is 10.0. The number of furan rings is 1. The van der Waals surface area contributed by atoms with Crippen LogP contribution in [-0.2, 0) is 19.6 Å². The fraction of sp³-hybridized carbons (Fsp3) is 0.370. The van der Waals surface area contributed by atoms with Gasteiger partial charge in [0.1, 0.15) is 23.5 Å². The number of nitrogens with zero attached hydrogens (tertiary/aromatic N) is 1. The van der Waals surface area contributed by atoms with Gasteiger partial charge in [0.05, 0.1) is 11.4 Å². The highest BCUT2D eigenvalue weighted by Crippen LogP contribution is 2.26.